The maximum Gasteiger partial charge on any atom is 0.254 e. The van der Waals surface area contributed by atoms with Crippen molar-refractivity contribution in [3.05, 3.63) is 112 Å². The minimum absolute atomic E-state index is 0.0298. The normalized spacial score (nSPS) is 15.4. The van der Waals surface area contributed by atoms with Gasteiger partial charge in [-0.1, -0.05) is 30.0 Å². The number of carbonyl (C=O) groups excluding carboxylic acids is 2. The van der Waals surface area contributed by atoms with E-state index >= 15 is 0 Å². The molecule has 1 aliphatic heterocycles. The lowest BCUT2D eigenvalue weighted by Gasteiger charge is -2.28. The first-order chi connectivity index (χ1) is 16.9. The standard InChI is InChI=1S/C27H22FN3O3S/c1-16-6-3-4-7-21(16)31-26(33)24-17(2)30-27(20(14-29)25(24)23-8-5-13-34-23)35-15-22(32)18-9-11-19(28)12-10-18/h3-13,25,30H,15H2,1-2H3,(H,31,33)/t25-/m1/s1. The van der Waals surface area contributed by atoms with Crippen molar-refractivity contribution in [1.29, 1.82) is 5.26 Å². The molecule has 1 aliphatic rings. The van der Waals surface area contributed by atoms with E-state index in [1.807, 2.05) is 31.2 Å². The molecule has 8 heteroatoms. The summed E-state index contributed by atoms with van der Waals surface area (Å²) in [6.45, 7) is 3.65. The number of ketones is 1. The number of allylic oxidation sites excluding steroid dienone is 2. The van der Waals surface area contributed by atoms with Crippen molar-refractivity contribution in [2.45, 2.75) is 19.8 Å². The van der Waals surface area contributed by atoms with Crippen LogP contribution in [0.4, 0.5) is 10.1 Å². The number of benzene rings is 2. The summed E-state index contributed by atoms with van der Waals surface area (Å²) >= 11 is 1.16. The molecule has 0 unspecified atom stereocenters. The van der Waals surface area contributed by atoms with Gasteiger partial charge >= 0.3 is 0 Å². The Balaban J connectivity index is 1.64. The largest absolute Gasteiger partial charge is 0.468 e. The fourth-order valence-corrected chi connectivity index (χ4v) is 4.81. The maximum absolute atomic E-state index is 13.4. The summed E-state index contributed by atoms with van der Waals surface area (Å²) in [6, 6.07) is 18.4. The van der Waals surface area contributed by atoms with Crippen LogP contribution in [0.1, 0.15) is 34.5 Å². The van der Waals surface area contributed by atoms with Crippen LogP contribution in [0.3, 0.4) is 0 Å². The van der Waals surface area contributed by atoms with Gasteiger partial charge in [0.05, 0.1) is 40.2 Å². The van der Waals surface area contributed by atoms with Crippen molar-refractivity contribution in [3.8, 4) is 6.07 Å². The lowest BCUT2D eigenvalue weighted by atomic mass is 9.85. The molecule has 0 saturated heterocycles. The van der Waals surface area contributed by atoms with Crippen LogP contribution in [0.5, 0.6) is 0 Å². The van der Waals surface area contributed by atoms with Gasteiger partial charge in [-0.15, -0.1) is 0 Å². The molecular weight excluding hydrogens is 465 g/mol. The van der Waals surface area contributed by atoms with Crippen molar-refractivity contribution < 1.29 is 18.4 Å². The molecule has 1 atom stereocenters. The number of hydrogen-bond donors (Lipinski definition) is 2. The molecule has 176 valence electrons. The van der Waals surface area contributed by atoms with Crippen molar-refractivity contribution in [2.75, 3.05) is 11.1 Å². The maximum atomic E-state index is 13.4. The van der Waals surface area contributed by atoms with E-state index in [1.54, 1.807) is 19.1 Å². The number of carbonyl (C=O) groups is 2. The van der Waals surface area contributed by atoms with Crippen LogP contribution in [0.2, 0.25) is 0 Å². The molecule has 35 heavy (non-hydrogen) atoms. The monoisotopic (exact) mass is 487 g/mol. The number of halogens is 1. The number of hydrogen-bond acceptors (Lipinski definition) is 6. The average molecular weight is 488 g/mol. The molecular formula is C27H22FN3O3S. The molecule has 2 N–H and O–H groups in total. The van der Waals surface area contributed by atoms with Crippen LogP contribution < -0.4 is 10.6 Å². The van der Waals surface area contributed by atoms with E-state index in [0.717, 1.165) is 17.3 Å². The first-order valence-corrected chi connectivity index (χ1v) is 11.8. The number of nitrogens with zero attached hydrogens (tertiary/aromatic N) is 1. The number of dihydropyridines is 1. The summed E-state index contributed by atoms with van der Waals surface area (Å²) < 4.78 is 18.8. The Kier molecular flexibility index (Phi) is 7.18. The van der Waals surface area contributed by atoms with Gasteiger partial charge in [-0.25, -0.2) is 4.39 Å². The molecule has 3 aromatic rings. The fraction of sp³-hybridized carbons (Fsp3) is 0.148. The molecule has 0 fully saturated rings. The smallest absolute Gasteiger partial charge is 0.254 e. The number of amides is 1. The number of furan rings is 1. The Morgan fingerprint density at radius 2 is 1.86 bits per heavy atom. The Bertz CT molecular complexity index is 1370. The van der Waals surface area contributed by atoms with Crippen molar-refractivity contribution in [3.63, 3.8) is 0 Å². The highest BCUT2D eigenvalue weighted by atomic mass is 32.2. The van der Waals surface area contributed by atoms with Gasteiger partial charge in [0.1, 0.15) is 11.6 Å². The van der Waals surface area contributed by atoms with Gasteiger partial charge in [-0.3, -0.25) is 9.59 Å². The molecule has 4 rings (SSSR count). The van der Waals surface area contributed by atoms with Crippen molar-refractivity contribution in [2.24, 2.45) is 0 Å². The molecule has 2 aromatic carbocycles. The van der Waals surface area contributed by atoms with Gasteiger partial charge in [0.2, 0.25) is 0 Å². The molecule has 1 aromatic heterocycles. The molecule has 1 amide bonds. The van der Waals surface area contributed by atoms with Gasteiger partial charge < -0.3 is 15.1 Å². The number of rotatable bonds is 7. The molecule has 0 radical (unpaired) electrons. The zero-order valence-electron chi connectivity index (χ0n) is 19.1. The Morgan fingerprint density at radius 1 is 1.11 bits per heavy atom. The molecule has 0 bridgehead atoms. The van der Waals surface area contributed by atoms with Gasteiger partial charge in [0.15, 0.2) is 5.78 Å². The van der Waals surface area contributed by atoms with Crippen LogP contribution in [0.15, 0.2) is 93.2 Å². The number of aryl methyl sites for hydroxylation is 1. The number of nitriles is 1. The fourth-order valence-electron chi connectivity index (χ4n) is 3.83. The summed E-state index contributed by atoms with van der Waals surface area (Å²) in [6.07, 6.45) is 1.49. The second-order valence-electron chi connectivity index (χ2n) is 7.95. The number of nitrogens with one attached hydrogen (secondary N) is 2. The van der Waals surface area contributed by atoms with E-state index < -0.39 is 11.7 Å². The third kappa shape index (κ3) is 5.20. The Labute approximate surface area is 206 Å². The average Bonchev–Trinajstić information content (AvgIpc) is 3.38. The first-order valence-electron chi connectivity index (χ1n) is 10.8. The zero-order chi connectivity index (χ0) is 24.9. The number of para-hydroxylation sites is 1. The quantitative estimate of drug-likeness (QED) is 0.417. The molecule has 0 spiro atoms. The summed E-state index contributed by atoms with van der Waals surface area (Å²) in [5, 5.41) is 16.6. The number of anilines is 1. The number of Topliss-reactive ketones (excluding diaryl/α,β-unsaturated/α-hetero) is 1. The molecule has 2 heterocycles. The highest BCUT2D eigenvalue weighted by Crippen LogP contribution is 2.41. The van der Waals surface area contributed by atoms with E-state index in [4.69, 9.17) is 4.42 Å². The van der Waals surface area contributed by atoms with Crippen LogP contribution in [-0.2, 0) is 4.79 Å². The first kappa shape index (κ1) is 24.0. The third-order valence-corrected chi connectivity index (χ3v) is 6.64. The molecule has 6 nitrogen and oxygen atoms in total. The van der Waals surface area contributed by atoms with E-state index in [2.05, 4.69) is 16.7 Å². The van der Waals surface area contributed by atoms with Gasteiger partial charge in [-0.2, -0.15) is 5.26 Å². The van der Waals surface area contributed by atoms with Crippen LogP contribution in [0, 0.1) is 24.1 Å². The minimum atomic E-state index is -0.747. The van der Waals surface area contributed by atoms with E-state index in [1.165, 1.54) is 30.5 Å². The highest BCUT2D eigenvalue weighted by Gasteiger charge is 2.36. The predicted octanol–water partition coefficient (Wildman–Crippen LogP) is 5.68. The SMILES string of the molecule is CC1=C(C(=O)Nc2ccccc2C)[C@@H](c2ccco2)C(C#N)=C(SCC(=O)c2ccc(F)cc2)N1. The predicted molar refractivity (Wildman–Crippen MR) is 133 cm³/mol. The van der Waals surface area contributed by atoms with E-state index in [0.29, 0.717) is 33.3 Å². The van der Waals surface area contributed by atoms with Crippen LogP contribution in [0.25, 0.3) is 0 Å². The van der Waals surface area contributed by atoms with E-state index in [9.17, 15) is 19.2 Å². The van der Waals surface area contributed by atoms with Crippen LogP contribution in [-0.4, -0.2) is 17.4 Å². The number of thioether (sulfide) groups is 1. The highest BCUT2D eigenvalue weighted by molar-refractivity contribution is 8.03. The van der Waals surface area contributed by atoms with Crippen molar-refractivity contribution >= 4 is 29.1 Å². The molecule has 0 saturated carbocycles. The van der Waals surface area contributed by atoms with Gasteiger partial charge in [-0.05, 0) is 61.9 Å². The second kappa shape index (κ2) is 10.5. The Hall–Kier alpha value is -4.09. The summed E-state index contributed by atoms with van der Waals surface area (Å²) in [5.41, 5.74) is 3.13. The summed E-state index contributed by atoms with van der Waals surface area (Å²) in [4.78, 5) is 26.0. The summed E-state index contributed by atoms with van der Waals surface area (Å²) in [7, 11) is 0. The topological polar surface area (TPSA) is 95.1 Å². The third-order valence-electron chi connectivity index (χ3n) is 5.63. The van der Waals surface area contributed by atoms with Crippen molar-refractivity contribution in [1.82, 2.24) is 5.32 Å². The zero-order valence-corrected chi connectivity index (χ0v) is 19.9. The second-order valence-corrected chi connectivity index (χ2v) is 8.94. The lowest BCUT2D eigenvalue weighted by Crippen LogP contribution is -2.31. The lowest BCUT2D eigenvalue weighted by molar-refractivity contribution is -0.113. The van der Waals surface area contributed by atoms with Gasteiger partial charge in [0.25, 0.3) is 5.91 Å². The molecule has 0 aliphatic carbocycles. The van der Waals surface area contributed by atoms with Gasteiger partial charge in [0, 0.05) is 16.9 Å². The van der Waals surface area contributed by atoms with E-state index in [-0.39, 0.29) is 23.0 Å². The van der Waals surface area contributed by atoms with Crippen LogP contribution >= 0.6 is 11.8 Å². The summed E-state index contributed by atoms with van der Waals surface area (Å²) in [5.74, 6) is -1.26. The minimum Gasteiger partial charge on any atom is -0.468 e. The Morgan fingerprint density at radius 3 is 2.51 bits per heavy atom.